The van der Waals surface area contributed by atoms with E-state index in [9.17, 15) is 0 Å². The van der Waals surface area contributed by atoms with Crippen LogP contribution in [-0.2, 0) is 0 Å². The van der Waals surface area contributed by atoms with Crippen LogP contribution < -0.4 is 4.90 Å². The van der Waals surface area contributed by atoms with E-state index in [1.807, 2.05) is 6.92 Å². The van der Waals surface area contributed by atoms with Gasteiger partial charge in [-0.05, 0) is 43.9 Å². The lowest BCUT2D eigenvalue weighted by molar-refractivity contribution is 0.394. The second-order valence-electron chi connectivity index (χ2n) is 6.86. The van der Waals surface area contributed by atoms with E-state index in [0.29, 0.717) is 11.7 Å². The Hall–Kier alpha value is -2.43. The highest BCUT2D eigenvalue weighted by Gasteiger charge is 2.23. The number of hydrogen-bond donors (Lipinski definition) is 0. The molecule has 1 aromatic carbocycles. The largest absolute Gasteiger partial charge is 0.356 e. The lowest BCUT2D eigenvalue weighted by atomic mass is 9.98. The molecule has 0 atom stereocenters. The van der Waals surface area contributed by atoms with Gasteiger partial charge < -0.3 is 9.42 Å². The van der Waals surface area contributed by atoms with Gasteiger partial charge in [0.2, 0.25) is 11.7 Å². The summed E-state index contributed by atoms with van der Waals surface area (Å²) in [5, 5.41) is 5.25. The summed E-state index contributed by atoms with van der Waals surface area (Å²) in [6, 6.07) is 8.50. The predicted molar refractivity (Wildman–Crippen MR) is 95.1 cm³/mol. The molecule has 24 heavy (non-hydrogen) atoms. The molecule has 5 nitrogen and oxygen atoms in total. The summed E-state index contributed by atoms with van der Waals surface area (Å²) in [4.78, 5) is 11.8. The first kappa shape index (κ1) is 15.1. The van der Waals surface area contributed by atoms with Gasteiger partial charge in [-0.15, -0.1) is 0 Å². The average Bonchev–Trinajstić information content (AvgIpc) is 3.01. The summed E-state index contributed by atoms with van der Waals surface area (Å²) in [6.07, 6.45) is 2.39. The van der Waals surface area contributed by atoms with E-state index < -0.39 is 0 Å². The number of pyridine rings is 1. The first-order valence-corrected chi connectivity index (χ1v) is 8.57. The second-order valence-corrected chi connectivity index (χ2v) is 6.86. The van der Waals surface area contributed by atoms with Crippen LogP contribution in [0.5, 0.6) is 0 Å². The molecule has 3 aromatic rings. The van der Waals surface area contributed by atoms with Crippen molar-refractivity contribution in [3.8, 4) is 11.4 Å². The Morgan fingerprint density at radius 2 is 1.88 bits per heavy atom. The lowest BCUT2D eigenvalue weighted by Crippen LogP contribution is -2.33. The number of aromatic nitrogens is 3. The van der Waals surface area contributed by atoms with Crippen LogP contribution in [0.3, 0.4) is 0 Å². The summed E-state index contributed by atoms with van der Waals surface area (Å²) in [5.74, 6) is 2.95. The van der Waals surface area contributed by atoms with Gasteiger partial charge >= 0.3 is 0 Å². The van der Waals surface area contributed by atoms with Gasteiger partial charge in [-0.2, -0.15) is 4.98 Å². The number of anilines is 1. The second kappa shape index (κ2) is 5.89. The Morgan fingerprint density at radius 3 is 2.58 bits per heavy atom. The molecule has 0 bridgehead atoms. The fraction of sp³-hybridized carbons (Fsp3) is 0.421. The number of rotatable bonds is 2. The number of piperidine rings is 1. The summed E-state index contributed by atoms with van der Waals surface area (Å²) >= 11 is 0. The van der Waals surface area contributed by atoms with Gasteiger partial charge in [-0.1, -0.05) is 23.7 Å². The summed E-state index contributed by atoms with van der Waals surface area (Å²) in [7, 11) is 0. The van der Waals surface area contributed by atoms with Gasteiger partial charge in [-0.3, -0.25) is 0 Å². The van der Waals surface area contributed by atoms with Crippen LogP contribution in [0.25, 0.3) is 22.3 Å². The van der Waals surface area contributed by atoms with Crippen LogP contribution in [-0.4, -0.2) is 28.2 Å². The fourth-order valence-electron chi connectivity index (χ4n) is 3.32. The first-order valence-electron chi connectivity index (χ1n) is 8.57. The number of hydrogen-bond acceptors (Lipinski definition) is 5. The van der Waals surface area contributed by atoms with Gasteiger partial charge in [0.15, 0.2) is 0 Å². The molecule has 3 heterocycles. The maximum absolute atomic E-state index is 5.21. The number of fused-ring (bicyclic) bond motifs is 1. The van der Waals surface area contributed by atoms with Crippen LogP contribution in [0.15, 0.2) is 28.8 Å². The number of nitrogens with zero attached hydrogens (tertiary/aromatic N) is 4. The van der Waals surface area contributed by atoms with Crippen molar-refractivity contribution in [3.05, 3.63) is 35.7 Å². The minimum atomic E-state index is 0.576. The number of benzene rings is 1. The third-order valence-corrected chi connectivity index (χ3v) is 4.80. The Labute approximate surface area is 141 Å². The Kier molecular flexibility index (Phi) is 3.71. The van der Waals surface area contributed by atoms with Gasteiger partial charge in [0.25, 0.3) is 0 Å². The zero-order valence-corrected chi connectivity index (χ0v) is 14.4. The number of aryl methyl sites for hydroxylation is 2. The molecular formula is C19H22N4O. The quantitative estimate of drug-likeness (QED) is 0.710. The van der Waals surface area contributed by atoms with E-state index in [-0.39, 0.29) is 0 Å². The molecule has 1 fully saturated rings. The lowest BCUT2D eigenvalue weighted by Gasteiger charge is -2.32. The van der Waals surface area contributed by atoms with E-state index in [2.05, 4.69) is 53.2 Å². The van der Waals surface area contributed by atoms with Gasteiger partial charge in [0.1, 0.15) is 5.82 Å². The molecule has 0 radical (unpaired) electrons. The molecule has 2 aromatic heterocycles. The SMILES string of the molecule is Cc1ccc2nc(N3CCC(C)CC3)c(-c3noc(C)n3)cc2c1. The molecule has 1 aliphatic rings. The molecule has 0 spiro atoms. The van der Waals surface area contributed by atoms with E-state index in [1.165, 1.54) is 18.4 Å². The minimum Gasteiger partial charge on any atom is -0.356 e. The van der Waals surface area contributed by atoms with Crippen LogP contribution in [0.4, 0.5) is 5.82 Å². The fourth-order valence-corrected chi connectivity index (χ4v) is 3.32. The molecular weight excluding hydrogens is 300 g/mol. The molecule has 1 saturated heterocycles. The molecule has 1 aliphatic heterocycles. The van der Waals surface area contributed by atoms with E-state index in [1.54, 1.807) is 0 Å². The van der Waals surface area contributed by atoms with Crippen molar-refractivity contribution in [2.75, 3.05) is 18.0 Å². The van der Waals surface area contributed by atoms with Crippen LogP contribution in [0, 0.1) is 19.8 Å². The van der Waals surface area contributed by atoms with E-state index >= 15 is 0 Å². The van der Waals surface area contributed by atoms with Crippen molar-refractivity contribution >= 4 is 16.7 Å². The van der Waals surface area contributed by atoms with E-state index in [4.69, 9.17) is 9.51 Å². The van der Waals surface area contributed by atoms with Crippen LogP contribution in [0.1, 0.15) is 31.2 Å². The molecule has 0 aliphatic carbocycles. The van der Waals surface area contributed by atoms with Crippen molar-refractivity contribution in [2.24, 2.45) is 5.92 Å². The zero-order chi connectivity index (χ0) is 16.7. The highest BCUT2D eigenvalue weighted by molar-refractivity contribution is 5.88. The molecule has 0 unspecified atom stereocenters. The highest BCUT2D eigenvalue weighted by atomic mass is 16.5. The Morgan fingerprint density at radius 1 is 1.08 bits per heavy atom. The van der Waals surface area contributed by atoms with Gasteiger partial charge in [0, 0.05) is 25.4 Å². The molecule has 0 N–H and O–H groups in total. The van der Waals surface area contributed by atoms with Crippen LogP contribution >= 0.6 is 0 Å². The van der Waals surface area contributed by atoms with E-state index in [0.717, 1.165) is 41.3 Å². The van der Waals surface area contributed by atoms with Gasteiger partial charge in [0.05, 0.1) is 11.1 Å². The Balaban J connectivity index is 1.87. The summed E-state index contributed by atoms with van der Waals surface area (Å²) in [5.41, 5.74) is 3.19. The first-order chi connectivity index (χ1) is 11.6. The van der Waals surface area contributed by atoms with Gasteiger partial charge in [-0.25, -0.2) is 4.98 Å². The topological polar surface area (TPSA) is 55.1 Å². The summed E-state index contributed by atoms with van der Waals surface area (Å²) < 4.78 is 5.21. The minimum absolute atomic E-state index is 0.576. The van der Waals surface area contributed by atoms with Crippen molar-refractivity contribution in [3.63, 3.8) is 0 Å². The normalized spacial score (nSPS) is 16.0. The van der Waals surface area contributed by atoms with Crippen molar-refractivity contribution < 1.29 is 4.52 Å². The molecule has 4 rings (SSSR count). The average molecular weight is 322 g/mol. The molecule has 5 heteroatoms. The summed E-state index contributed by atoms with van der Waals surface area (Å²) in [6.45, 7) is 8.27. The monoisotopic (exact) mass is 322 g/mol. The van der Waals surface area contributed by atoms with Crippen molar-refractivity contribution in [1.82, 2.24) is 15.1 Å². The predicted octanol–water partition coefficient (Wildman–Crippen LogP) is 4.14. The smallest absolute Gasteiger partial charge is 0.223 e. The molecule has 124 valence electrons. The molecule has 0 saturated carbocycles. The maximum Gasteiger partial charge on any atom is 0.223 e. The third-order valence-electron chi connectivity index (χ3n) is 4.80. The highest BCUT2D eigenvalue weighted by Crippen LogP contribution is 2.33. The van der Waals surface area contributed by atoms with Crippen molar-refractivity contribution in [1.29, 1.82) is 0 Å². The zero-order valence-electron chi connectivity index (χ0n) is 14.4. The van der Waals surface area contributed by atoms with Crippen LogP contribution in [0.2, 0.25) is 0 Å². The van der Waals surface area contributed by atoms with Crippen molar-refractivity contribution in [2.45, 2.75) is 33.6 Å². The maximum atomic E-state index is 5.21. The third kappa shape index (κ3) is 2.75. The standard InChI is InChI=1S/C19H22N4O/c1-12-6-8-23(9-7-12)19-16(18-20-14(3)24-22-18)11-15-10-13(2)4-5-17(15)21-19/h4-5,10-12H,6-9H2,1-3H3. The Bertz CT molecular complexity index is 878. The molecule has 0 amide bonds.